The number of ether oxygens (including phenoxy) is 1. The average molecular weight is 583 g/mol. The van der Waals surface area contributed by atoms with Crippen LogP contribution in [0.15, 0.2) is 73.2 Å². The molecule has 10 heteroatoms. The molecule has 4 heterocycles. The van der Waals surface area contributed by atoms with Gasteiger partial charge in [0.2, 0.25) is 0 Å². The van der Waals surface area contributed by atoms with Crippen molar-refractivity contribution in [1.29, 1.82) is 0 Å². The van der Waals surface area contributed by atoms with Crippen LogP contribution < -0.4 is 15.4 Å². The normalized spacial score (nSPS) is 14.6. The summed E-state index contributed by atoms with van der Waals surface area (Å²) in [6, 6.07) is 20.1. The number of piperazine rings is 1. The topological polar surface area (TPSA) is 93.0 Å². The number of rotatable bonds is 10. The zero-order valence-electron chi connectivity index (χ0n) is 23.9. The monoisotopic (exact) mass is 582 g/mol. The molecule has 0 saturated carbocycles. The molecule has 3 aromatic heterocycles. The molecule has 1 fully saturated rings. The highest BCUT2D eigenvalue weighted by atomic mass is 35.5. The Morgan fingerprint density at radius 3 is 2.64 bits per heavy atom. The minimum Gasteiger partial charge on any atom is -0.492 e. The van der Waals surface area contributed by atoms with Crippen molar-refractivity contribution in [2.24, 2.45) is 0 Å². The summed E-state index contributed by atoms with van der Waals surface area (Å²) in [6.45, 7) is 10.3. The number of hydrogen-bond donors (Lipinski definition) is 2. The Kier molecular flexibility index (Phi) is 8.60. The molecule has 0 radical (unpaired) electrons. The first-order valence-corrected chi connectivity index (χ1v) is 14.7. The fourth-order valence-electron chi connectivity index (χ4n) is 5.27. The van der Waals surface area contributed by atoms with Gasteiger partial charge in [-0.15, -0.1) is 0 Å². The fourth-order valence-corrected chi connectivity index (χ4v) is 5.52. The number of pyridine rings is 1. The van der Waals surface area contributed by atoms with Crippen molar-refractivity contribution in [2.75, 3.05) is 44.6 Å². The lowest BCUT2D eigenvalue weighted by atomic mass is 10.1. The van der Waals surface area contributed by atoms with Gasteiger partial charge in [-0.2, -0.15) is 0 Å². The molecule has 42 heavy (non-hydrogen) atoms. The maximum Gasteiger partial charge on any atom is 0.166 e. The van der Waals surface area contributed by atoms with Crippen LogP contribution in [0, 0.1) is 6.92 Å². The van der Waals surface area contributed by atoms with Gasteiger partial charge in [-0.25, -0.2) is 15.0 Å². The Bertz CT molecular complexity index is 1650. The standard InChI is InChI=1S/C32H35ClN8O/c1-22-10-11-35-25(18-22)20-41-31(27-9-8-26(19-28(27)33)42-17-16-40-14-12-34-13-15-40)39-29-30(36-21-37-32(29)41)38-23(2)24-6-4-3-5-7-24/h3-11,18-19,21,23,34H,12-17,20H2,1-2H3,(H,36,37,38)/t23-/m1/s1. The zero-order valence-corrected chi connectivity index (χ0v) is 24.7. The zero-order chi connectivity index (χ0) is 28.9. The molecule has 9 nitrogen and oxygen atoms in total. The van der Waals surface area contributed by atoms with E-state index >= 15 is 0 Å². The second-order valence-corrected chi connectivity index (χ2v) is 11.0. The van der Waals surface area contributed by atoms with Crippen LogP contribution in [-0.4, -0.2) is 68.7 Å². The SMILES string of the molecule is Cc1ccnc(Cn2c(-c3ccc(OCCN4CCNCC4)cc3Cl)nc3c(N[C@H](C)c4ccccc4)ncnc32)c1. The Hall–Kier alpha value is -4.05. The molecule has 216 valence electrons. The number of fused-ring (bicyclic) bond motifs is 1. The minimum absolute atomic E-state index is 0.0255. The summed E-state index contributed by atoms with van der Waals surface area (Å²) in [5.41, 5.74) is 5.38. The summed E-state index contributed by atoms with van der Waals surface area (Å²) in [4.78, 5) is 21.3. The predicted octanol–water partition coefficient (Wildman–Crippen LogP) is 5.36. The molecular formula is C32H35ClN8O. The van der Waals surface area contributed by atoms with Gasteiger partial charge in [-0.1, -0.05) is 41.9 Å². The molecule has 0 unspecified atom stereocenters. The maximum atomic E-state index is 6.90. The second kappa shape index (κ2) is 12.9. The van der Waals surface area contributed by atoms with Crippen molar-refractivity contribution in [3.8, 4) is 17.1 Å². The van der Waals surface area contributed by atoms with Gasteiger partial charge in [-0.05, 0) is 55.3 Å². The number of nitrogens with zero attached hydrogens (tertiary/aromatic N) is 6. The summed E-state index contributed by atoms with van der Waals surface area (Å²) in [6.07, 6.45) is 3.40. The summed E-state index contributed by atoms with van der Waals surface area (Å²) < 4.78 is 8.13. The molecule has 2 aromatic carbocycles. The van der Waals surface area contributed by atoms with Crippen LogP contribution in [0.3, 0.4) is 0 Å². The van der Waals surface area contributed by atoms with Gasteiger partial charge < -0.3 is 19.9 Å². The molecular weight excluding hydrogens is 548 g/mol. The number of aromatic nitrogens is 5. The van der Waals surface area contributed by atoms with Gasteiger partial charge in [0.25, 0.3) is 0 Å². The number of anilines is 1. The first kappa shape index (κ1) is 28.1. The molecule has 0 aliphatic carbocycles. The van der Waals surface area contributed by atoms with Gasteiger partial charge in [0.05, 0.1) is 23.3 Å². The number of imidazole rings is 1. The van der Waals surface area contributed by atoms with Gasteiger partial charge >= 0.3 is 0 Å². The van der Waals surface area contributed by atoms with E-state index in [2.05, 4.69) is 67.1 Å². The van der Waals surface area contributed by atoms with Crippen LogP contribution in [-0.2, 0) is 6.54 Å². The summed E-state index contributed by atoms with van der Waals surface area (Å²) >= 11 is 6.90. The van der Waals surface area contributed by atoms with E-state index in [1.165, 1.54) is 0 Å². The molecule has 0 spiro atoms. The van der Waals surface area contributed by atoms with E-state index in [1.54, 1.807) is 6.33 Å². The third-order valence-electron chi connectivity index (χ3n) is 7.54. The van der Waals surface area contributed by atoms with Crippen LogP contribution in [0.4, 0.5) is 5.82 Å². The molecule has 1 atom stereocenters. The van der Waals surface area contributed by atoms with Crippen molar-refractivity contribution in [2.45, 2.75) is 26.4 Å². The van der Waals surface area contributed by atoms with Gasteiger partial charge in [0.15, 0.2) is 17.0 Å². The quantitative estimate of drug-likeness (QED) is 0.227. The highest BCUT2D eigenvalue weighted by Gasteiger charge is 2.21. The Morgan fingerprint density at radius 1 is 1.02 bits per heavy atom. The molecule has 1 saturated heterocycles. The van der Waals surface area contributed by atoms with Crippen molar-refractivity contribution >= 4 is 28.6 Å². The Balaban J connectivity index is 1.33. The number of aryl methyl sites for hydroxylation is 1. The van der Waals surface area contributed by atoms with Crippen molar-refractivity contribution in [3.05, 3.63) is 95.0 Å². The Labute approximate surface area is 251 Å². The van der Waals surface area contributed by atoms with Crippen LogP contribution in [0.1, 0.15) is 29.8 Å². The average Bonchev–Trinajstić information content (AvgIpc) is 3.37. The molecule has 0 amide bonds. The van der Waals surface area contributed by atoms with E-state index in [0.29, 0.717) is 41.0 Å². The number of benzene rings is 2. The highest BCUT2D eigenvalue weighted by Crippen LogP contribution is 2.35. The van der Waals surface area contributed by atoms with Crippen molar-refractivity contribution in [1.82, 2.24) is 34.7 Å². The summed E-state index contributed by atoms with van der Waals surface area (Å²) in [5.74, 6) is 2.10. The number of halogens is 1. The first-order valence-electron chi connectivity index (χ1n) is 14.3. The second-order valence-electron chi connectivity index (χ2n) is 10.6. The molecule has 5 aromatic rings. The molecule has 1 aliphatic heterocycles. The van der Waals surface area contributed by atoms with Crippen molar-refractivity contribution < 1.29 is 4.74 Å². The van der Waals surface area contributed by atoms with Crippen LogP contribution >= 0.6 is 11.6 Å². The molecule has 2 N–H and O–H groups in total. The van der Waals surface area contributed by atoms with Crippen LogP contribution in [0.2, 0.25) is 5.02 Å². The van der Waals surface area contributed by atoms with Crippen LogP contribution in [0.25, 0.3) is 22.6 Å². The smallest absolute Gasteiger partial charge is 0.166 e. The van der Waals surface area contributed by atoms with E-state index in [9.17, 15) is 0 Å². The molecule has 1 aliphatic rings. The third kappa shape index (κ3) is 6.38. The van der Waals surface area contributed by atoms with E-state index in [0.717, 1.165) is 60.9 Å². The fraction of sp³-hybridized carbons (Fsp3) is 0.312. The van der Waals surface area contributed by atoms with E-state index in [-0.39, 0.29) is 6.04 Å². The first-order chi connectivity index (χ1) is 20.5. The van der Waals surface area contributed by atoms with E-state index in [4.69, 9.17) is 21.3 Å². The van der Waals surface area contributed by atoms with E-state index < -0.39 is 0 Å². The van der Waals surface area contributed by atoms with Gasteiger partial charge in [0.1, 0.15) is 24.5 Å². The summed E-state index contributed by atoms with van der Waals surface area (Å²) in [5, 5.41) is 7.48. The minimum atomic E-state index is 0.0255. The largest absolute Gasteiger partial charge is 0.492 e. The molecule has 0 bridgehead atoms. The maximum absolute atomic E-state index is 6.90. The number of hydrogen-bond acceptors (Lipinski definition) is 8. The van der Waals surface area contributed by atoms with Gasteiger partial charge in [0, 0.05) is 44.5 Å². The lowest BCUT2D eigenvalue weighted by Gasteiger charge is -2.26. The lowest BCUT2D eigenvalue weighted by molar-refractivity contribution is 0.191. The van der Waals surface area contributed by atoms with E-state index in [1.807, 2.05) is 48.7 Å². The Morgan fingerprint density at radius 2 is 1.86 bits per heavy atom. The molecule has 6 rings (SSSR count). The van der Waals surface area contributed by atoms with Gasteiger partial charge in [-0.3, -0.25) is 9.88 Å². The van der Waals surface area contributed by atoms with Crippen molar-refractivity contribution in [3.63, 3.8) is 0 Å². The lowest BCUT2D eigenvalue weighted by Crippen LogP contribution is -2.44. The predicted molar refractivity (Wildman–Crippen MR) is 167 cm³/mol. The van der Waals surface area contributed by atoms with Crippen LogP contribution in [0.5, 0.6) is 5.75 Å². The third-order valence-corrected chi connectivity index (χ3v) is 7.86. The summed E-state index contributed by atoms with van der Waals surface area (Å²) in [7, 11) is 0. The highest BCUT2D eigenvalue weighted by molar-refractivity contribution is 6.33. The number of nitrogens with one attached hydrogen (secondary N) is 2.